The van der Waals surface area contributed by atoms with Crippen molar-refractivity contribution >= 4 is 29.1 Å². The van der Waals surface area contributed by atoms with Gasteiger partial charge in [0.2, 0.25) is 17.7 Å². The number of benzene rings is 1. The number of hydrogen-bond donors (Lipinski definition) is 2. The number of nitrogens with one attached hydrogen (secondary N) is 2. The summed E-state index contributed by atoms with van der Waals surface area (Å²) in [4.78, 5) is 45.9. The molecule has 1 aromatic carbocycles. The van der Waals surface area contributed by atoms with Crippen LogP contribution in [0.25, 0.3) is 0 Å². The fourth-order valence-corrected chi connectivity index (χ4v) is 2.74. The summed E-state index contributed by atoms with van der Waals surface area (Å²) in [6.07, 6.45) is -3.98. The standard InChI is InChI=1S/C17H19F3N4O5/c18-17(19,20)11-2-3-12(13(10-11)24(28)29)21-8-6-14(25)22-7-1-9-23-15(26)4-5-16(23)27/h2-3,10,21H,1,4-9H2,(H,22,25). The second-order valence-electron chi connectivity index (χ2n) is 6.31. The van der Waals surface area contributed by atoms with Gasteiger partial charge in [0.05, 0.1) is 10.5 Å². The Hall–Kier alpha value is -3.18. The maximum absolute atomic E-state index is 12.7. The molecule has 0 atom stereocenters. The van der Waals surface area contributed by atoms with Gasteiger partial charge in [-0.2, -0.15) is 13.2 Å². The van der Waals surface area contributed by atoms with Gasteiger partial charge in [-0.25, -0.2) is 0 Å². The Balaban J connectivity index is 1.76. The number of amides is 3. The fraction of sp³-hybridized carbons (Fsp3) is 0.471. The van der Waals surface area contributed by atoms with Crippen LogP contribution in [-0.4, -0.2) is 47.2 Å². The zero-order valence-corrected chi connectivity index (χ0v) is 15.3. The maximum atomic E-state index is 12.7. The first-order valence-electron chi connectivity index (χ1n) is 8.79. The number of nitrogens with zero attached hydrogens (tertiary/aromatic N) is 2. The van der Waals surface area contributed by atoms with Crippen LogP contribution in [0, 0.1) is 10.1 Å². The van der Waals surface area contributed by atoms with Crippen LogP contribution in [0.4, 0.5) is 24.5 Å². The van der Waals surface area contributed by atoms with Crippen LogP contribution in [0.2, 0.25) is 0 Å². The molecule has 0 spiro atoms. The molecule has 0 bridgehead atoms. The highest BCUT2D eigenvalue weighted by Crippen LogP contribution is 2.34. The average molecular weight is 416 g/mol. The second kappa shape index (κ2) is 9.34. The van der Waals surface area contributed by atoms with E-state index >= 15 is 0 Å². The molecule has 1 fully saturated rings. The summed E-state index contributed by atoms with van der Waals surface area (Å²) in [7, 11) is 0. The third-order valence-electron chi connectivity index (χ3n) is 4.22. The minimum atomic E-state index is -4.70. The fourth-order valence-electron chi connectivity index (χ4n) is 2.74. The van der Waals surface area contributed by atoms with Gasteiger partial charge in [0, 0.05) is 45.0 Å². The summed E-state index contributed by atoms with van der Waals surface area (Å²) in [5.41, 5.74) is -2.00. The number of nitro groups is 1. The molecule has 0 saturated carbocycles. The number of halogens is 3. The molecule has 2 N–H and O–H groups in total. The van der Waals surface area contributed by atoms with E-state index < -0.39 is 22.4 Å². The summed E-state index contributed by atoms with van der Waals surface area (Å²) in [6.45, 7) is 0.422. The van der Waals surface area contributed by atoms with Crippen molar-refractivity contribution in [2.75, 3.05) is 25.0 Å². The van der Waals surface area contributed by atoms with Gasteiger partial charge in [0.25, 0.3) is 5.69 Å². The highest BCUT2D eigenvalue weighted by Gasteiger charge is 2.33. The molecule has 9 nitrogen and oxygen atoms in total. The summed E-state index contributed by atoms with van der Waals surface area (Å²) in [6, 6.07) is 2.10. The molecule has 29 heavy (non-hydrogen) atoms. The quantitative estimate of drug-likeness (QED) is 0.275. The van der Waals surface area contributed by atoms with Crippen LogP contribution >= 0.6 is 0 Å². The van der Waals surface area contributed by atoms with E-state index in [1.807, 2.05) is 0 Å². The third-order valence-corrected chi connectivity index (χ3v) is 4.22. The molecule has 158 valence electrons. The maximum Gasteiger partial charge on any atom is 0.416 e. The normalized spacial score (nSPS) is 14.2. The van der Waals surface area contributed by atoms with Crippen LogP contribution in [-0.2, 0) is 20.6 Å². The molecular weight excluding hydrogens is 397 g/mol. The summed E-state index contributed by atoms with van der Waals surface area (Å²) in [5.74, 6) is -0.849. The van der Waals surface area contributed by atoms with E-state index in [0.717, 1.165) is 17.0 Å². The lowest BCUT2D eigenvalue weighted by Crippen LogP contribution is -2.33. The Morgan fingerprint density at radius 2 is 1.83 bits per heavy atom. The summed E-state index contributed by atoms with van der Waals surface area (Å²) >= 11 is 0. The van der Waals surface area contributed by atoms with Crippen molar-refractivity contribution in [1.82, 2.24) is 10.2 Å². The second-order valence-corrected chi connectivity index (χ2v) is 6.31. The number of carbonyl (C=O) groups is 3. The van der Waals surface area contributed by atoms with E-state index in [1.165, 1.54) is 0 Å². The van der Waals surface area contributed by atoms with Crippen molar-refractivity contribution in [1.29, 1.82) is 0 Å². The summed E-state index contributed by atoms with van der Waals surface area (Å²) < 4.78 is 38.0. The number of anilines is 1. The Labute approximate surface area is 163 Å². The molecule has 0 aliphatic carbocycles. The molecule has 1 aromatic rings. The number of imide groups is 1. The van der Waals surface area contributed by atoms with Gasteiger partial charge >= 0.3 is 6.18 Å². The van der Waals surface area contributed by atoms with Crippen molar-refractivity contribution in [3.8, 4) is 0 Å². The number of nitro benzene ring substituents is 1. The van der Waals surface area contributed by atoms with Crippen molar-refractivity contribution in [2.45, 2.75) is 31.9 Å². The van der Waals surface area contributed by atoms with E-state index in [2.05, 4.69) is 10.6 Å². The van der Waals surface area contributed by atoms with Crippen LogP contribution in [0.5, 0.6) is 0 Å². The largest absolute Gasteiger partial charge is 0.416 e. The van der Waals surface area contributed by atoms with Crippen molar-refractivity contribution < 1.29 is 32.5 Å². The molecule has 1 heterocycles. The number of hydrogen-bond acceptors (Lipinski definition) is 6. The first-order chi connectivity index (χ1) is 13.6. The third kappa shape index (κ3) is 6.16. The van der Waals surface area contributed by atoms with E-state index in [9.17, 15) is 37.7 Å². The molecule has 0 radical (unpaired) electrons. The Morgan fingerprint density at radius 3 is 2.41 bits per heavy atom. The zero-order chi connectivity index (χ0) is 21.6. The molecule has 1 aliphatic heterocycles. The Kier molecular flexibility index (Phi) is 7.13. The predicted octanol–water partition coefficient (Wildman–Crippen LogP) is 2.07. The van der Waals surface area contributed by atoms with Gasteiger partial charge in [-0.1, -0.05) is 0 Å². The molecule has 0 aromatic heterocycles. The number of alkyl halides is 3. The first kappa shape index (κ1) is 22.1. The topological polar surface area (TPSA) is 122 Å². The highest BCUT2D eigenvalue weighted by molar-refractivity contribution is 6.01. The molecule has 2 rings (SSSR count). The molecule has 12 heteroatoms. The van der Waals surface area contributed by atoms with Crippen LogP contribution in [0.15, 0.2) is 18.2 Å². The molecular formula is C17H19F3N4O5. The monoisotopic (exact) mass is 416 g/mol. The zero-order valence-electron chi connectivity index (χ0n) is 15.3. The summed E-state index contributed by atoms with van der Waals surface area (Å²) in [5, 5.41) is 16.2. The van der Waals surface area contributed by atoms with Crippen molar-refractivity contribution in [3.63, 3.8) is 0 Å². The lowest BCUT2D eigenvalue weighted by Gasteiger charge is -2.13. The van der Waals surface area contributed by atoms with E-state index in [4.69, 9.17) is 0 Å². The molecule has 3 amide bonds. The Morgan fingerprint density at radius 1 is 1.17 bits per heavy atom. The Bertz CT molecular complexity index is 797. The lowest BCUT2D eigenvalue weighted by molar-refractivity contribution is -0.384. The molecule has 0 unspecified atom stereocenters. The SMILES string of the molecule is O=C(CCNc1ccc(C(F)(F)F)cc1[N+](=O)[O-])NCCCN1C(=O)CCC1=O. The van der Waals surface area contributed by atoms with Crippen LogP contribution in [0.3, 0.4) is 0 Å². The van der Waals surface area contributed by atoms with Gasteiger partial charge < -0.3 is 10.6 Å². The minimum Gasteiger partial charge on any atom is -0.379 e. The van der Waals surface area contributed by atoms with Gasteiger partial charge in [-0.05, 0) is 18.6 Å². The lowest BCUT2D eigenvalue weighted by atomic mass is 10.1. The van der Waals surface area contributed by atoms with E-state index in [1.54, 1.807) is 0 Å². The molecule has 1 saturated heterocycles. The predicted molar refractivity (Wildman–Crippen MR) is 94.8 cm³/mol. The number of carbonyl (C=O) groups excluding carboxylic acids is 3. The highest BCUT2D eigenvalue weighted by atomic mass is 19.4. The molecule has 1 aliphatic rings. The first-order valence-corrected chi connectivity index (χ1v) is 8.79. The minimum absolute atomic E-state index is 0.0267. The van der Waals surface area contributed by atoms with Crippen LogP contribution < -0.4 is 10.6 Å². The number of likely N-dealkylation sites (tertiary alicyclic amines) is 1. The average Bonchev–Trinajstić information content (AvgIpc) is 2.96. The smallest absolute Gasteiger partial charge is 0.379 e. The van der Waals surface area contributed by atoms with E-state index in [0.29, 0.717) is 12.5 Å². The van der Waals surface area contributed by atoms with Gasteiger partial charge in [0.1, 0.15) is 5.69 Å². The van der Waals surface area contributed by atoms with Gasteiger partial charge in [-0.15, -0.1) is 0 Å². The van der Waals surface area contributed by atoms with Gasteiger partial charge in [0.15, 0.2) is 0 Å². The van der Waals surface area contributed by atoms with E-state index in [-0.39, 0.29) is 62.3 Å². The van der Waals surface area contributed by atoms with Crippen LogP contribution in [0.1, 0.15) is 31.2 Å². The van der Waals surface area contributed by atoms with Crippen molar-refractivity contribution in [3.05, 3.63) is 33.9 Å². The number of rotatable bonds is 9. The van der Waals surface area contributed by atoms with Crippen molar-refractivity contribution in [2.24, 2.45) is 0 Å². The van der Waals surface area contributed by atoms with Gasteiger partial charge in [-0.3, -0.25) is 29.4 Å².